The van der Waals surface area contributed by atoms with Gasteiger partial charge < -0.3 is 9.64 Å². The zero-order valence-electron chi connectivity index (χ0n) is 9.80. The molecule has 4 nitrogen and oxygen atoms in total. The number of benzene rings is 1. The molecule has 2 rings (SSSR count). The van der Waals surface area contributed by atoms with Crippen LogP contribution in [0.3, 0.4) is 0 Å². The Balaban J connectivity index is 1.99. The number of ether oxygens (including phenoxy) is 1. The average molecular weight is 332 g/mol. The molecule has 1 atom stereocenters. The SMILES string of the molecule is O=C(CS(=O)c1ccccc1Br)N1CCOCC1. The Morgan fingerprint density at radius 2 is 2.00 bits per heavy atom. The van der Waals surface area contributed by atoms with E-state index in [-0.39, 0.29) is 11.7 Å². The first-order chi connectivity index (χ1) is 8.68. The lowest BCUT2D eigenvalue weighted by molar-refractivity contribution is -0.132. The van der Waals surface area contributed by atoms with Crippen molar-refractivity contribution in [3.63, 3.8) is 0 Å². The fourth-order valence-electron chi connectivity index (χ4n) is 1.72. The molecule has 1 fully saturated rings. The fourth-order valence-corrected chi connectivity index (χ4v) is 3.63. The molecule has 1 unspecified atom stereocenters. The summed E-state index contributed by atoms with van der Waals surface area (Å²) >= 11 is 3.34. The second kappa shape index (κ2) is 6.45. The Morgan fingerprint density at radius 3 is 2.67 bits per heavy atom. The van der Waals surface area contributed by atoms with Crippen LogP contribution in [-0.2, 0) is 20.3 Å². The number of carbonyl (C=O) groups is 1. The molecule has 0 aromatic heterocycles. The number of nitrogens with zero attached hydrogens (tertiary/aromatic N) is 1. The van der Waals surface area contributed by atoms with E-state index in [1.165, 1.54) is 0 Å². The molecule has 1 saturated heterocycles. The van der Waals surface area contributed by atoms with Gasteiger partial charge in [0.15, 0.2) is 0 Å². The van der Waals surface area contributed by atoms with Crippen molar-refractivity contribution in [3.05, 3.63) is 28.7 Å². The van der Waals surface area contributed by atoms with Gasteiger partial charge in [0.1, 0.15) is 5.75 Å². The van der Waals surface area contributed by atoms with Crippen LogP contribution in [0.2, 0.25) is 0 Å². The van der Waals surface area contributed by atoms with Crippen LogP contribution in [0.1, 0.15) is 0 Å². The van der Waals surface area contributed by atoms with E-state index >= 15 is 0 Å². The minimum Gasteiger partial charge on any atom is -0.378 e. The molecule has 1 aromatic carbocycles. The van der Waals surface area contributed by atoms with Crippen LogP contribution in [0.15, 0.2) is 33.6 Å². The molecule has 0 radical (unpaired) electrons. The second-order valence-corrected chi connectivity index (χ2v) is 6.19. The van der Waals surface area contributed by atoms with Gasteiger partial charge in [-0.2, -0.15) is 0 Å². The maximum absolute atomic E-state index is 12.1. The molecule has 1 amide bonds. The van der Waals surface area contributed by atoms with Gasteiger partial charge in [-0.05, 0) is 28.1 Å². The zero-order valence-corrected chi connectivity index (χ0v) is 12.2. The molecule has 1 heterocycles. The van der Waals surface area contributed by atoms with Crippen molar-refractivity contribution in [1.29, 1.82) is 0 Å². The third-order valence-corrected chi connectivity index (χ3v) is 5.01. The summed E-state index contributed by atoms with van der Waals surface area (Å²) in [5, 5.41) is 0. The lowest BCUT2D eigenvalue weighted by atomic mass is 10.4. The maximum Gasteiger partial charge on any atom is 0.235 e. The summed E-state index contributed by atoms with van der Waals surface area (Å²) in [4.78, 5) is 14.3. The average Bonchev–Trinajstić information content (AvgIpc) is 2.40. The Bertz CT molecular complexity index is 460. The molecular formula is C12H14BrNO3S. The molecule has 1 aromatic rings. The summed E-state index contributed by atoms with van der Waals surface area (Å²) < 4.78 is 18.1. The monoisotopic (exact) mass is 331 g/mol. The molecule has 0 bridgehead atoms. The van der Waals surface area contributed by atoms with Crippen molar-refractivity contribution < 1.29 is 13.7 Å². The summed E-state index contributed by atoms with van der Waals surface area (Å²) in [6, 6.07) is 7.27. The fraction of sp³-hybridized carbons (Fsp3) is 0.417. The van der Waals surface area contributed by atoms with E-state index < -0.39 is 10.8 Å². The molecule has 0 N–H and O–H groups in total. The van der Waals surface area contributed by atoms with Crippen LogP contribution < -0.4 is 0 Å². The van der Waals surface area contributed by atoms with Crippen molar-refractivity contribution in [1.82, 2.24) is 4.90 Å². The Labute approximate surface area is 117 Å². The number of morpholine rings is 1. The van der Waals surface area contributed by atoms with Gasteiger partial charge in [-0.15, -0.1) is 0 Å². The minimum atomic E-state index is -1.31. The Hall–Kier alpha value is -0.720. The van der Waals surface area contributed by atoms with Gasteiger partial charge in [0.25, 0.3) is 0 Å². The normalized spacial score (nSPS) is 17.5. The standard InChI is InChI=1S/C12H14BrNO3S/c13-10-3-1-2-4-11(10)18(16)9-12(15)14-5-7-17-8-6-14/h1-4H,5-9H2. The van der Waals surface area contributed by atoms with E-state index in [4.69, 9.17) is 4.74 Å². The zero-order chi connectivity index (χ0) is 13.0. The molecule has 18 heavy (non-hydrogen) atoms. The van der Waals surface area contributed by atoms with Crippen LogP contribution in [0.5, 0.6) is 0 Å². The van der Waals surface area contributed by atoms with E-state index in [2.05, 4.69) is 15.9 Å². The predicted octanol–water partition coefficient (Wildman–Crippen LogP) is 1.42. The molecule has 0 saturated carbocycles. The van der Waals surface area contributed by atoms with Crippen LogP contribution in [-0.4, -0.2) is 47.1 Å². The van der Waals surface area contributed by atoms with Crippen LogP contribution >= 0.6 is 15.9 Å². The van der Waals surface area contributed by atoms with Crippen molar-refractivity contribution in [3.8, 4) is 0 Å². The lowest BCUT2D eigenvalue weighted by Crippen LogP contribution is -2.42. The largest absolute Gasteiger partial charge is 0.378 e. The van der Waals surface area contributed by atoms with E-state index in [1.807, 2.05) is 18.2 Å². The molecule has 0 aliphatic carbocycles. The Morgan fingerprint density at radius 1 is 1.33 bits per heavy atom. The molecular weight excluding hydrogens is 318 g/mol. The molecule has 98 valence electrons. The quantitative estimate of drug-likeness (QED) is 0.841. The van der Waals surface area contributed by atoms with E-state index in [1.54, 1.807) is 11.0 Å². The first-order valence-corrected chi connectivity index (χ1v) is 7.78. The highest BCUT2D eigenvalue weighted by atomic mass is 79.9. The number of rotatable bonds is 3. The highest BCUT2D eigenvalue weighted by molar-refractivity contribution is 9.10. The number of amides is 1. The number of halogens is 1. The number of carbonyl (C=O) groups excluding carboxylic acids is 1. The third kappa shape index (κ3) is 3.40. The topological polar surface area (TPSA) is 46.6 Å². The summed E-state index contributed by atoms with van der Waals surface area (Å²) in [7, 11) is -1.31. The van der Waals surface area contributed by atoms with Crippen molar-refractivity contribution in [2.75, 3.05) is 32.1 Å². The molecule has 0 spiro atoms. The lowest BCUT2D eigenvalue weighted by Gasteiger charge is -2.26. The van der Waals surface area contributed by atoms with E-state index in [9.17, 15) is 9.00 Å². The van der Waals surface area contributed by atoms with E-state index in [0.29, 0.717) is 31.2 Å². The van der Waals surface area contributed by atoms with Gasteiger partial charge in [0.05, 0.1) is 28.9 Å². The first kappa shape index (κ1) is 13.7. The molecule has 1 aliphatic rings. The smallest absolute Gasteiger partial charge is 0.235 e. The summed E-state index contributed by atoms with van der Waals surface area (Å²) in [5.74, 6) is -0.0461. The highest BCUT2D eigenvalue weighted by Gasteiger charge is 2.20. The van der Waals surface area contributed by atoms with Crippen molar-refractivity contribution in [2.45, 2.75) is 4.90 Å². The van der Waals surface area contributed by atoms with Crippen molar-refractivity contribution in [2.24, 2.45) is 0 Å². The Kier molecular flexibility index (Phi) is 4.91. The van der Waals surface area contributed by atoms with Gasteiger partial charge in [0, 0.05) is 17.6 Å². The number of hydrogen-bond acceptors (Lipinski definition) is 3. The van der Waals surface area contributed by atoms with Gasteiger partial charge in [-0.3, -0.25) is 9.00 Å². The van der Waals surface area contributed by atoms with Gasteiger partial charge >= 0.3 is 0 Å². The summed E-state index contributed by atoms with van der Waals surface area (Å²) in [6.07, 6.45) is 0. The van der Waals surface area contributed by atoms with Crippen LogP contribution in [0.25, 0.3) is 0 Å². The minimum absolute atomic E-state index is 0.0304. The van der Waals surface area contributed by atoms with Crippen molar-refractivity contribution >= 4 is 32.6 Å². The highest BCUT2D eigenvalue weighted by Crippen LogP contribution is 2.20. The second-order valence-electron chi connectivity index (χ2n) is 3.91. The molecule has 6 heteroatoms. The summed E-state index contributed by atoms with van der Waals surface area (Å²) in [5.41, 5.74) is 0. The van der Waals surface area contributed by atoms with Crippen LogP contribution in [0.4, 0.5) is 0 Å². The van der Waals surface area contributed by atoms with E-state index in [0.717, 1.165) is 4.47 Å². The van der Waals surface area contributed by atoms with Crippen LogP contribution in [0, 0.1) is 0 Å². The number of hydrogen-bond donors (Lipinski definition) is 0. The van der Waals surface area contributed by atoms with Gasteiger partial charge in [-0.25, -0.2) is 0 Å². The summed E-state index contributed by atoms with van der Waals surface area (Å²) in [6.45, 7) is 2.30. The first-order valence-electron chi connectivity index (χ1n) is 5.67. The van der Waals surface area contributed by atoms with Gasteiger partial charge in [0.2, 0.25) is 5.91 Å². The van der Waals surface area contributed by atoms with Gasteiger partial charge in [-0.1, -0.05) is 12.1 Å². The maximum atomic E-state index is 12.1. The molecule has 1 aliphatic heterocycles. The predicted molar refractivity (Wildman–Crippen MR) is 72.8 cm³/mol. The third-order valence-electron chi connectivity index (χ3n) is 2.70.